The Morgan fingerprint density at radius 2 is 2.17 bits per heavy atom. The van der Waals surface area contributed by atoms with Crippen molar-refractivity contribution in [1.82, 2.24) is 0 Å². The zero-order valence-corrected chi connectivity index (χ0v) is 10.9. The largest absolute Gasteiger partial charge is 0.393 e. The van der Waals surface area contributed by atoms with E-state index in [4.69, 9.17) is 5.73 Å². The van der Waals surface area contributed by atoms with Crippen molar-refractivity contribution in [2.75, 3.05) is 29.1 Å². The molecule has 0 saturated carbocycles. The number of nitrogens with one attached hydrogen (secondary N) is 1. The van der Waals surface area contributed by atoms with Gasteiger partial charge >= 0.3 is 0 Å². The first kappa shape index (κ1) is 13.0. The van der Waals surface area contributed by atoms with Gasteiger partial charge in [0.2, 0.25) is 0 Å². The van der Waals surface area contributed by atoms with Gasteiger partial charge in [0.1, 0.15) is 5.69 Å². The van der Waals surface area contributed by atoms with Crippen molar-refractivity contribution in [3.63, 3.8) is 0 Å². The summed E-state index contributed by atoms with van der Waals surface area (Å²) in [5.41, 5.74) is 6.68. The predicted octanol–water partition coefficient (Wildman–Crippen LogP) is 2.73. The van der Waals surface area contributed by atoms with Crippen LogP contribution in [0.5, 0.6) is 0 Å². The van der Waals surface area contributed by atoms with E-state index in [1.165, 1.54) is 30.4 Å². The lowest BCUT2D eigenvalue weighted by Crippen LogP contribution is -2.19. The van der Waals surface area contributed by atoms with Crippen molar-refractivity contribution in [3.05, 3.63) is 28.3 Å². The van der Waals surface area contributed by atoms with Crippen LogP contribution in [0.25, 0.3) is 0 Å². The molecule has 1 heterocycles. The highest BCUT2D eigenvalue weighted by atomic mass is 32.2. The van der Waals surface area contributed by atoms with Gasteiger partial charge in [0, 0.05) is 18.3 Å². The second-order valence-corrected chi connectivity index (χ2v) is 5.69. The summed E-state index contributed by atoms with van der Waals surface area (Å²) in [5, 5.41) is 14.0. The molecule has 1 aromatic carbocycles. The Morgan fingerprint density at radius 3 is 2.78 bits per heavy atom. The molecule has 98 valence electrons. The summed E-state index contributed by atoms with van der Waals surface area (Å²) < 4.78 is 0. The van der Waals surface area contributed by atoms with Crippen LogP contribution in [0.2, 0.25) is 0 Å². The zero-order chi connectivity index (χ0) is 13.0. The maximum atomic E-state index is 10.6. The van der Waals surface area contributed by atoms with Crippen LogP contribution in [-0.4, -0.2) is 23.0 Å². The van der Waals surface area contributed by atoms with E-state index >= 15 is 0 Å². The van der Waals surface area contributed by atoms with Gasteiger partial charge in [-0.1, -0.05) is 0 Å². The lowest BCUT2D eigenvalue weighted by Gasteiger charge is -2.22. The Morgan fingerprint density at radius 1 is 1.44 bits per heavy atom. The lowest BCUT2D eigenvalue weighted by molar-refractivity contribution is -0.383. The predicted molar refractivity (Wildman–Crippen MR) is 76.0 cm³/mol. The summed E-state index contributed by atoms with van der Waals surface area (Å²) in [6, 6.07) is 4.80. The molecule has 6 heteroatoms. The number of benzene rings is 1. The smallest absolute Gasteiger partial charge is 0.292 e. The van der Waals surface area contributed by atoms with Gasteiger partial charge < -0.3 is 11.1 Å². The van der Waals surface area contributed by atoms with Crippen LogP contribution in [0, 0.1) is 16.0 Å². The minimum absolute atomic E-state index is 0.0328. The third kappa shape index (κ3) is 3.29. The van der Waals surface area contributed by atoms with Crippen molar-refractivity contribution < 1.29 is 4.92 Å². The third-order valence-electron chi connectivity index (χ3n) is 3.16. The van der Waals surface area contributed by atoms with E-state index in [2.05, 4.69) is 5.32 Å². The van der Waals surface area contributed by atoms with Gasteiger partial charge in [-0.25, -0.2) is 0 Å². The summed E-state index contributed by atoms with van der Waals surface area (Å²) in [4.78, 5) is 10.2. The number of nitro groups is 1. The van der Waals surface area contributed by atoms with Crippen LogP contribution in [0.15, 0.2) is 18.2 Å². The average molecular weight is 267 g/mol. The Kier molecular flexibility index (Phi) is 4.30. The van der Waals surface area contributed by atoms with Crippen LogP contribution >= 0.6 is 11.8 Å². The molecule has 18 heavy (non-hydrogen) atoms. The number of thioether (sulfide) groups is 1. The van der Waals surface area contributed by atoms with E-state index < -0.39 is 4.92 Å². The van der Waals surface area contributed by atoms with Crippen LogP contribution in [-0.2, 0) is 0 Å². The first-order valence-corrected chi connectivity index (χ1v) is 7.18. The van der Waals surface area contributed by atoms with Crippen LogP contribution in [0.4, 0.5) is 17.1 Å². The fraction of sp³-hybridized carbons (Fsp3) is 0.500. The average Bonchev–Trinajstić information content (AvgIpc) is 2.37. The monoisotopic (exact) mass is 267 g/mol. The maximum absolute atomic E-state index is 10.6. The van der Waals surface area contributed by atoms with Gasteiger partial charge in [0.05, 0.1) is 4.92 Å². The van der Waals surface area contributed by atoms with Crippen molar-refractivity contribution >= 4 is 28.8 Å². The van der Waals surface area contributed by atoms with Crippen molar-refractivity contribution in [2.45, 2.75) is 12.8 Å². The summed E-state index contributed by atoms with van der Waals surface area (Å²) >= 11 is 2.01. The fourth-order valence-electron chi connectivity index (χ4n) is 2.04. The molecule has 1 aliphatic rings. The van der Waals surface area contributed by atoms with Crippen molar-refractivity contribution in [1.29, 1.82) is 0 Å². The van der Waals surface area contributed by atoms with Gasteiger partial charge in [-0.2, -0.15) is 11.8 Å². The molecule has 0 bridgehead atoms. The van der Waals surface area contributed by atoms with Gasteiger partial charge in [-0.05, 0) is 42.4 Å². The van der Waals surface area contributed by atoms with E-state index in [1.54, 1.807) is 12.1 Å². The van der Waals surface area contributed by atoms with Crippen molar-refractivity contribution in [3.8, 4) is 0 Å². The number of rotatable bonds is 4. The normalized spacial score (nSPS) is 16.4. The number of hydrogen-bond acceptors (Lipinski definition) is 5. The highest BCUT2D eigenvalue weighted by Gasteiger charge is 2.14. The molecule has 1 saturated heterocycles. The summed E-state index contributed by atoms with van der Waals surface area (Å²) in [7, 11) is 0. The Balaban J connectivity index is 1.93. The number of anilines is 2. The highest BCUT2D eigenvalue weighted by Crippen LogP contribution is 2.26. The minimum atomic E-state index is -0.461. The van der Waals surface area contributed by atoms with Gasteiger partial charge in [0.25, 0.3) is 5.69 Å². The summed E-state index contributed by atoms with van der Waals surface area (Å²) in [6.07, 6.45) is 2.47. The number of nitrogens with zero attached hydrogens (tertiary/aromatic N) is 1. The second-order valence-electron chi connectivity index (χ2n) is 4.47. The first-order chi connectivity index (χ1) is 8.66. The second kappa shape index (κ2) is 5.95. The van der Waals surface area contributed by atoms with Crippen molar-refractivity contribution in [2.24, 2.45) is 5.92 Å². The molecule has 1 aliphatic heterocycles. The van der Waals surface area contributed by atoms with Crippen LogP contribution in [0.1, 0.15) is 12.8 Å². The molecule has 2 rings (SSSR count). The van der Waals surface area contributed by atoms with E-state index in [0.717, 1.165) is 12.2 Å². The molecule has 3 N–H and O–H groups in total. The molecule has 0 aliphatic carbocycles. The van der Waals surface area contributed by atoms with Gasteiger partial charge in [-0.3, -0.25) is 10.1 Å². The fourth-order valence-corrected chi connectivity index (χ4v) is 3.25. The van der Waals surface area contributed by atoms with Gasteiger partial charge in [0.15, 0.2) is 0 Å². The lowest BCUT2D eigenvalue weighted by atomic mass is 10.0. The molecule has 5 nitrogen and oxygen atoms in total. The van der Waals surface area contributed by atoms with Crippen LogP contribution in [0.3, 0.4) is 0 Å². The molecule has 0 spiro atoms. The third-order valence-corrected chi connectivity index (χ3v) is 4.21. The topological polar surface area (TPSA) is 81.2 Å². The van der Waals surface area contributed by atoms with E-state index in [0.29, 0.717) is 5.92 Å². The number of nitrogens with two attached hydrogens (primary N) is 1. The Bertz CT molecular complexity index is 433. The molecule has 0 radical (unpaired) electrons. The SMILES string of the molecule is Nc1cc(NCC2CCSCC2)ccc1[N+](=O)[O-]. The molecule has 0 unspecified atom stereocenters. The molecule has 0 atom stereocenters. The number of nitrogen functional groups attached to an aromatic ring is 1. The Labute approximate surface area is 110 Å². The first-order valence-electron chi connectivity index (χ1n) is 6.02. The highest BCUT2D eigenvalue weighted by molar-refractivity contribution is 7.99. The van der Waals surface area contributed by atoms with Gasteiger partial charge in [-0.15, -0.1) is 0 Å². The standard InChI is InChI=1S/C12H17N3O2S/c13-11-7-10(1-2-12(11)15(16)17)14-8-9-3-5-18-6-4-9/h1-2,7,9,14H,3-6,8,13H2. The summed E-state index contributed by atoms with van der Waals surface area (Å²) in [5.74, 6) is 3.16. The van der Waals surface area contributed by atoms with E-state index in [-0.39, 0.29) is 11.4 Å². The molecule has 0 amide bonds. The molecular formula is C12H17N3O2S. The van der Waals surface area contributed by atoms with E-state index in [1.807, 2.05) is 11.8 Å². The van der Waals surface area contributed by atoms with E-state index in [9.17, 15) is 10.1 Å². The molecule has 0 aromatic heterocycles. The maximum Gasteiger partial charge on any atom is 0.292 e. The zero-order valence-electron chi connectivity index (χ0n) is 10.1. The number of hydrogen-bond donors (Lipinski definition) is 2. The quantitative estimate of drug-likeness (QED) is 0.498. The number of nitro benzene ring substituents is 1. The molecule has 1 fully saturated rings. The summed E-state index contributed by atoms with van der Waals surface area (Å²) in [6.45, 7) is 0.914. The minimum Gasteiger partial charge on any atom is -0.393 e. The van der Waals surface area contributed by atoms with Crippen LogP contribution < -0.4 is 11.1 Å². The Hall–Kier alpha value is -1.43. The molecule has 1 aromatic rings. The molecular weight excluding hydrogens is 250 g/mol.